The van der Waals surface area contributed by atoms with Crippen molar-refractivity contribution in [3.8, 4) is 11.4 Å². The number of aromatic nitrogens is 3. The van der Waals surface area contributed by atoms with Gasteiger partial charge >= 0.3 is 0 Å². The number of nitrogens with zero attached hydrogens (tertiary/aromatic N) is 3. The number of aryl methyl sites for hydroxylation is 1. The zero-order chi connectivity index (χ0) is 14.5. The molecule has 0 unspecified atom stereocenters. The van der Waals surface area contributed by atoms with Gasteiger partial charge in [0.15, 0.2) is 5.82 Å². The van der Waals surface area contributed by atoms with E-state index in [1.165, 1.54) is 5.56 Å². The first-order valence-electron chi connectivity index (χ1n) is 7.01. The highest BCUT2D eigenvalue weighted by atomic mass is 15.3. The van der Waals surface area contributed by atoms with Crippen LogP contribution < -0.4 is 0 Å². The molecule has 2 aromatic carbocycles. The monoisotopic (exact) mass is 275 g/mol. The fraction of sp³-hybridized carbons (Fsp3) is 0.111. The van der Waals surface area contributed by atoms with Crippen molar-refractivity contribution in [1.29, 1.82) is 0 Å². The van der Waals surface area contributed by atoms with Crippen molar-refractivity contribution < 1.29 is 0 Å². The van der Waals surface area contributed by atoms with E-state index in [0.717, 1.165) is 17.2 Å². The van der Waals surface area contributed by atoms with Gasteiger partial charge in [0.25, 0.3) is 0 Å². The third-order valence-corrected chi connectivity index (χ3v) is 3.20. The molecule has 104 valence electrons. The van der Waals surface area contributed by atoms with Crippen molar-refractivity contribution in [3.63, 3.8) is 0 Å². The fourth-order valence-corrected chi connectivity index (χ4v) is 2.24. The van der Waals surface area contributed by atoms with Crippen LogP contribution in [0.25, 0.3) is 17.5 Å². The molecule has 0 saturated heterocycles. The molecule has 0 aliphatic carbocycles. The summed E-state index contributed by atoms with van der Waals surface area (Å²) in [5.74, 6) is 1.70. The lowest BCUT2D eigenvalue weighted by molar-refractivity contribution is 0.702. The zero-order valence-corrected chi connectivity index (χ0v) is 12.0. The van der Waals surface area contributed by atoms with E-state index in [2.05, 4.69) is 46.5 Å². The summed E-state index contributed by atoms with van der Waals surface area (Å²) in [6, 6.07) is 20.4. The summed E-state index contributed by atoms with van der Waals surface area (Å²) in [7, 11) is 0. The van der Waals surface area contributed by atoms with E-state index in [-0.39, 0.29) is 0 Å². The number of benzene rings is 2. The average Bonchev–Trinajstić information content (AvgIpc) is 2.90. The minimum Gasteiger partial charge on any atom is -0.242 e. The number of rotatable bonds is 4. The average molecular weight is 275 g/mol. The van der Waals surface area contributed by atoms with Crippen molar-refractivity contribution in [1.82, 2.24) is 14.8 Å². The van der Waals surface area contributed by atoms with Gasteiger partial charge in [0, 0.05) is 5.56 Å². The molecule has 0 atom stereocenters. The Morgan fingerprint density at radius 1 is 0.952 bits per heavy atom. The Bertz CT molecular complexity index is 728. The minimum absolute atomic E-state index is 0.708. The summed E-state index contributed by atoms with van der Waals surface area (Å²) in [6.07, 6.45) is 4.21. The molecule has 3 heteroatoms. The predicted molar refractivity (Wildman–Crippen MR) is 85.7 cm³/mol. The highest BCUT2D eigenvalue weighted by molar-refractivity contribution is 5.55. The van der Waals surface area contributed by atoms with Gasteiger partial charge in [-0.3, -0.25) is 0 Å². The van der Waals surface area contributed by atoms with E-state index in [9.17, 15) is 0 Å². The largest absolute Gasteiger partial charge is 0.242 e. The first-order chi connectivity index (χ1) is 10.3. The second-order valence-corrected chi connectivity index (χ2v) is 4.84. The van der Waals surface area contributed by atoms with Gasteiger partial charge in [-0.05, 0) is 12.5 Å². The van der Waals surface area contributed by atoms with E-state index in [1.807, 2.05) is 48.0 Å². The van der Waals surface area contributed by atoms with Gasteiger partial charge in [-0.2, -0.15) is 5.10 Å². The number of hydrogen-bond acceptors (Lipinski definition) is 2. The lowest BCUT2D eigenvalue weighted by Crippen LogP contribution is -2.00. The Morgan fingerprint density at radius 3 is 2.33 bits per heavy atom. The van der Waals surface area contributed by atoms with Crippen LogP contribution in [0.2, 0.25) is 0 Å². The van der Waals surface area contributed by atoms with Gasteiger partial charge in [0.05, 0.1) is 6.54 Å². The Kier molecular flexibility index (Phi) is 3.92. The summed E-state index contributed by atoms with van der Waals surface area (Å²) in [5, 5.41) is 4.47. The normalized spacial score (nSPS) is 11.1. The maximum absolute atomic E-state index is 4.52. The summed E-state index contributed by atoms with van der Waals surface area (Å²) < 4.78 is 1.93. The van der Waals surface area contributed by atoms with Crippen LogP contribution in [0, 0.1) is 6.92 Å². The van der Waals surface area contributed by atoms with Crippen LogP contribution in [0.15, 0.2) is 66.7 Å². The van der Waals surface area contributed by atoms with Crippen LogP contribution in [-0.4, -0.2) is 14.8 Å². The van der Waals surface area contributed by atoms with Gasteiger partial charge in [-0.15, -0.1) is 0 Å². The Hall–Kier alpha value is -2.68. The van der Waals surface area contributed by atoms with Gasteiger partial charge in [0.1, 0.15) is 5.82 Å². The maximum Gasteiger partial charge on any atom is 0.158 e. The molecule has 0 radical (unpaired) electrons. The van der Waals surface area contributed by atoms with Gasteiger partial charge in [-0.25, -0.2) is 9.67 Å². The van der Waals surface area contributed by atoms with Crippen molar-refractivity contribution in [2.45, 2.75) is 13.5 Å². The molecular formula is C18H17N3. The van der Waals surface area contributed by atoms with Crippen molar-refractivity contribution >= 4 is 6.08 Å². The van der Waals surface area contributed by atoms with Crippen LogP contribution in [0.4, 0.5) is 0 Å². The molecule has 0 spiro atoms. The zero-order valence-electron chi connectivity index (χ0n) is 12.0. The van der Waals surface area contributed by atoms with E-state index < -0.39 is 0 Å². The summed E-state index contributed by atoms with van der Waals surface area (Å²) in [4.78, 5) is 4.52. The molecular weight excluding hydrogens is 258 g/mol. The molecule has 0 amide bonds. The fourth-order valence-electron chi connectivity index (χ4n) is 2.24. The molecule has 0 bridgehead atoms. The second kappa shape index (κ2) is 6.18. The molecule has 1 heterocycles. The van der Waals surface area contributed by atoms with E-state index in [1.54, 1.807) is 0 Å². The molecule has 0 aliphatic rings. The van der Waals surface area contributed by atoms with E-state index in [4.69, 9.17) is 0 Å². The van der Waals surface area contributed by atoms with E-state index in [0.29, 0.717) is 6.54 Å². The quantitative estimate of drug-likeness (QED) is 0.721. The molecule has 0 saturated carbocycles. The maximum atomic E-state index is 4.52. The van der Waals surface area contributed by atoms with Crippen LogP contribution in [0.5, 0.6) is 0 Å². The van der Waals surface area contributed by atoms with Gasteiger partial charge in [0.2, 0.25) is 0 Å². The molecule has 3 aromatic rings. The third-order valence-electron chi connectivity index (χ3n) is 3.20. The molecule has 3 nitrogen and oxygen atoms in total. The summed E-state index contributed by atoms with van der Waals surface area (Å²) >= 11 is 0. The van der Waals surface area contributed by atoms with Crippen molar-refractivity contribution in [2.75, 3.05) is 0 Å². The highest BCUT2D eigenvalue weighted by Gasteiger charge is 2.07. The molecule has 0 aliphatic heterocycles. The first kappa shape index (κ1) is 13.3. The van der Waals surface area contributed by atoms with Crippen molar-refractivity contribution in [2.24, 2.45) is 0 Å². The minimum atomic E-state index is 0.708. The standard InChI is InChI=1S/C18H17N3/c1-15-19-18(17-12-6-3-7-13-17)21(20-15)14-8-11-16-9-4-2-5-10-16/h2-13H,14H2,1H3. The molecule has 21 heavy (non-hydrogen) atoms. The van der Waals surface area contributed by atoms with Gasteiger partial charge < -0.3 is 0 Å². The Morgan fingerprint density at radius 2 is 1.62 bits per heavy atom. The highest BCUT2D eigenvalue weighted by Crippen LogP contribution is 2.16. The predicted octanol–water partition coefficient (Wildman–Crippen LogP) is 3.97. The lowest BCUT2D eigenvalue weighted by atomic mass is 10.2. The molecule has 0 N–H and O–H groups in total. The second-order valence-electron chi connectivity index (χ2n) is 4.84. The topological polar surface area (TPSA) is 30.7 Å². The molecule has 1 aromatic heterocycles. The summed E-state index contributed by atoms with van der Waals surface area (Å²) in [5.41, 5.74) is 2.28. The van der Waals surface area contributed by atoms with E-state index >= 15 is 0 Å². The van der Waals surface area contributed by atoms with Crippen LogP contribution in [-0.2, 0) is 6.54 Å². The Labute approximate surface area is 124 Å². The first-order valence-corrected chi connectivity index (χ1v) is 7.01. The van der Waals surface area contributed by atoms with Gasteiger partial charge in [-0.1, -0.05) is 72.8 Å². The number of allylic oxidation sites excluding steroid dienone is 1. The SMILES string of the molecule is Cc1nc(-c2ccccc2)n(CC=Cc2ccccc2)n1. The lowest BCUT2D eigenvalue weighted by Gasteiger charge is -2.02. The summed E-state index contributed by atoms with van der Waals surface area (Å²) in [6.45, 7) is 2.63. The third kappa shape index (κ3) is 3.26. The molecule has 3 rings (SSSR count). The Balaban J connectivity index is 1.82. The van der Waals surface area contributed by atoms with Crippen LogP contribution in [0.3, 0.4) is 0 Å². The number of hydrogen-bond donors (Lipinski definition) is 0. The van der Waals surface area contributed by atoms with Crippen molar-refractivity contribution in [3.05, 3.63) is 78.1 Å². The van der Waals surface area contributed by atoms with Crippen LogP contribution in [0.1, 0.15) is 11.4 Å². The smallest absolute Gasteiger partial charge is 0.158 e. The van der Waals surface area contributed by atoms with Crippen LogP contribution >= 0.6 is 0 Å². The molecule has 0 fully saturated rings.